The fourth-order valence-corrected chi connectivity index (χ4v) is 2.45. The molecule has 2 N–H and O–H groups in total. The van der Waals surface area contributed by atoms with Crippen molar-refractivity contribution in [3.8, 4) is 0 Å². The van der Waals surface area contributed by atoms with Crippen molar-refractivity contribution in [1.82, 2.24) is 10.6 Å². The first-order chi connectivity index (χ1) is 12.0. The number of benzene rings is 2. The molecular weight excluding hydrogens is 340 g/mol. The molecule has 1 atom stereocenters. The van der Waals surface area contributed by atoms with Crippen molar-refractivity contribution in [1.29, 1.82) is 0 Å². The molecule has 2 rings (SSSR count). The molecule has 3 amide bonds. The smallest absolute Gasteiger partial charge is 0.339 e. The Labute approximate surface area is 149 Å². The van der Waals surface area contributed by atoms with Crippen molar-refractivity contribution in [3.05, 3.63) is 65.7 Å². The first-order valence-corrected chi connectivity index (χ1v) is 8.70. The third kappa shape index (κ3) is 5.09. The number of esters is 1. The fraction of sp³-hybridized carbons (Fsp3) is 0.167. The standard InChI is InChI=1S/C18H18N2O4S/c1-19-18(23)20-16(21)15(12-6-4-3-5-7-12)24-17(22)13-8-10-14(25-2)11-9-13/h3-11,15H,1-2H3,(H2,19,20,21,23)/t15-/m0/s1. The normalized spacial score (nSPS) is 11.3. The molecule has 0 aliphatic rings. The lowest BCUT2D eigenvalue weighted by Crippen LogP contribution is -2.41. The molecule has 25 heavy (non-hydrogen) atoms. The minimum atomic E-state index is -1.23. The molecule has 6 nitrogen and oxygen atoms in total. The molecule has 7 heteroatoms. The number of hydrogen-bond acceptors (Lipinski definition) is 5. The average Bonchev–Trinajstić information content (AvgIpc) is 2.66. The van der Waals surface area contributed by atoms with Crippen LogP contribution in [0.5, 0.6) is 0 Å². The van der Waals surface area contributed by atoms with Gasteiger partial charge in [-0.1, -0.05) is 30.3 Å². The summed E-state index contributed by atoms with van der Waals surface area (Å²) >= 11 is 1.55. The summed E-state index contributed by atoms with van der Waals surface area (Å²) in [5.41, 5.74) is 0.796. The third-order valence-electron chi connectivity index (χ3n) is 3.35. The number of imide groups is 1. The van der Waals surface area contributed by atoms with Gasteiger partial charge in [0.05, 0.1) is 5.56 Å². The van der Waals surface area contributed by atoms with Crippen molar-refractivity contribution in [2.45, 2.75) is 11.0 Å². The molecule has 0 fully saturated rings. The monoisotopic (exact) mass is 358 g/mol. The summed E-state index contributed by atoms with van der Waals surface area (Å²) in [5.74, 6) is -1.37. The Bertz CT molecular complexity index is 747. The lowest BCUT2D eigenvalue weighted by Gasteiger charge is -2.17. The van der Waals surface area contributed by atoms with Crippen molar-refractivity contribution in [2.75, 3.05) is 13.3 Å². The Morgan fingerprint density at radius 3 is 2.20 bits per heavy atom. The van der Waals surface area contributed by atoms with Gasteiger partial charge in [-0.25, -0.2) is 9.59 Å². The fourth-order valence-electron chi connectivity index (χ4n) is 2.04. The highest BCUT2D eigenvalue weighted by Gasteiger charge is 2.26. The van der Waals surface area contributed by atoms with E-state index in [-0.39, 0.29) is 0 Å². The van der Waals surface area contributed by atoms with Crippen LogP contribution < -0.4 is 10.6 Å². The Morgan fingerprint density at radius 2 is 1.64 bits per heavy atom. The Hall–Kier alpha value is -2.80. The van der Waals surface area contributed by atoms with Crippen LogP contribution in [0.3, 0.4) is 0 Å². The first-order valence-electron chi connectivity index (χ1n) is 7.47. The van der Waals surface area contributed by atoms with Gasteiger partial charge in [0.25, 0.3) is 5.91 Å². The summed E-state index contributed by atoms with van der Waals surface area (Å²) in [6.45, 7) is 0. The summed E-state index contributed by atoms with van der Waals surface area (Å²) in [5, 5.41) is 4.42. The molecule has 130 valence electrons. The van der Waals surface area contributed by atoms with Crippen LogP contribution in [-0.2, 0) is 9.53 Å². The SMILES string of the molecule is CNC(=O)NC(=O)[C@@H](OC(=O)c1ccc(SC)cc1)c1ccccc1. The topological polar surface area (TPSA) is 84.5 Å². The zero-order chi connectivity index (χ0) is 18.2. The van der Waals surface area contributed by atoms with Gasteiger partial charge in [0, 0.05) is 17.5 Å². The van der Waals surface area contributed by atoms with E-state index in [0.717, 1.165) is 4.90 Å². The third-order valence-corrected chi connectivity index (χ3v) is 4.10. The molecule has 0 aliphatic carbocycles. The van der Waals surface area contributed by atoms with E-state index in [4.69, 9.17) is 4.74 Å². The van der Waals surface area contributed by atoms with Crippen molar-refractivity contribution in [3.63, 3.8) is 0 Å². The van der Waals surface area contributed by atoms with E-state index in [2.05, 4.69) is 10.6 Å². The largest absolute Gasteiger partial charge is 0.444 e. The van der Waals surface area contributed by atoms with Crippen LogP contribution in [0.15, 0.2) is 59.5 Å². The van der Waals surface area contributed by atoms with E-state index in [1.165, 1.54) is 7.05 Å². The van der Waals surface area contributed by atoms with E-state index < -0.39 is 24.0 Å². The summed E-state index contributed by atoms with van der Waals surface area (Å²) in [4.78, 5) is 37.1. The molecular formula is C18H18N2O4S. The second-order valence-corrected chi connectivity index (χ2v) is 5.87. The molecule has 0 aromatic heterocycles. The zero-order valence-corrected chi connectivity index (χ0v) is 14.6. The van der Waals surface area contributed by atoms with Crippen LogP contribution in [0.2, 0.25) is 0 Å². The van der Waals surface area contributed by atoms with Crippen molar-refractivity contribution < 1.29 is 19.1 Å². The predicted octanol–water partition coefficient (Wildman–Crippen LogP) is 2.76. The van der Waals surface area contributed by atoms with Crippen LogP contribution in [0.4, 0.5) is 4.79 Å². The first kappa shape index (κ1) is 18.5. The highest BCUT2D eigenvalue weighted by molar-refractivity contribution is 7.98. The summed E-state index contributed by atoms with van der Waals surface area (Å²) in [6, 6.07) is 14.7. The van der Waals surface area contributed by atoms with Gasteiger partial charge < -0.3 is 10.1 Å². The van der Waals surface area contributed by atoms with E-state index in [1.807, 2.05) is 6.26 Å². The van der Waals surface area contributed by atoms with Gasteiger partial charge >= 0.3 is 12.0 Å². The number of urea groups is 1. The molecule has 2 aromatic rings. The van der Waals surface area contributed by atoms with E-state index >= 15 is 0 Å². The summed E-state index contributed by atoms with van der Waals surface area (Å²) in [7, 11) is 1.39. The highest BCUT2D eigenvalue weighted by atomic mass is 32.2. The van der Waals surface area contributed by atoms with Crippen LogP contribution in [-0.4, -0.2) is 31.2 Å². The summed E-state index contributed by atoms with van der Waals surface area (Å²) < 4.78 is 5.37. The van der Waals surface area contributed by atoms with Crippen molar-refractivity contribution in [2.24, 2.45) is 0 Å². The Balaban J connectivity index is 2.21. The molecule has 0 unspecified atom stereocenters. The van der Waals surface area contributed by atoms with Gasteiger partial charge in [-0.05, 0) is 30.5 Å². The van der Waals surface area contributed by atoms with Crippen LogP contribution >= 0.6 is 11.8 Å². The number of amides is 3. The zero-order valence-electron chi connectivity index (χ0n) is 13.8. The van der Waals surface area contributed by atoms with Gasteiger partial charge in [-0.15, -0.1) is 11.8 Å². The maximum Gasteiger partial charge on any atom is 0.339 e. The highest BCUT2D eigenvalue weighted by Crippen LogP contribution is 2.21. The molecule has 0 heterocycles. The van der Waals surface area contributed by atoms with Crippen molar-refractivity contribution >= 4 is 29.7 Å². The van der Waals surface area contributed by atoms with Gasteiger partial charge in [0.1, 0.15) is 0 Å². The van der Waals surface area contributed by atoms with Gasteiger partial charge in [-0.3, -0.25) is 10.1 Å². The number of thioether (sulfide) groups is 1. The van der Waals surface area contributed by atoms with E-state index in [1.54, 1.807) is 66.4 Å². The maximum atomic E-state index is 12.4. The molecule has 0 bridgehead atoms. The predicted molar refractivity (Wildman–Crippen MR) is 95.4 cm³/mol. The van der Waals surface area contributed by atoms with Crippen LogP contribution in [0.25, 0.3) is 0 Å². The van der Waals surface area contributed by atoms with E-state index in [0.29, 0.717) is 11.1 Å². The minimum absolute atomic E-state index is 0.325. The number of carbonyl (C=O) groups is 3. The molecule has 0 aliphatic heterocycles. The molecule has 0 saturated carbocycles. The summed E-state index contributed by atoms with van der Waals surface area (Å²) in [6.07, 6.45) is 0.702. The molecule has 0 spiro atoms. The molecule has 0 saturated heterocycles. The van der Waals surface area contributed by atoms with Gasteiger partial charge in [0.15, 0.2) is 0 Å². The maximum absolute atomic E-state index is 12.4. The molecule has 2 aromatic carbocycles. The number of nitrogens with one attached hydrogen (secondary N) is 2. The number of ether oxygens (including phenoxy) is 1. The average molecular weight is 358 g/mol. The van der Waals surface area contributed by atoms with E-state index in [9.17, 15) is 14.4 Å². The Morgan fingerprint density at radius 1 is 1.00 bits per heavy atom. The molecule has 0 radical (unpaired) electrons. The van der Waals surface area contributed by atoms with Crippen LogP contribution in [0.1, 0.15) is 22.0 Å². The Kier molecular flexibility index (Phi) is 6.59. The van der Waals surface area contributed by atoms with Gasteiger partial charge in [-0.2, -0.15) is 0 Å². The quantitative estimate of drug-likeness (QED) is 0.634. The second kappa shape index (κ2) is 8.89. The second-order valence-electron chi connectivity index (χ2n) is 4.99. The minimum Gasteiger partial charge on any atom is -0.444 e. The van der Waals surface area contributed by atoms with Crippen LogP contribution in [0, 0.1) is 0 Å². The lowest BCUT2D eigenvalue weighted by molar-refractivity contribution is -0.129. The lowest BCUT2D eigenvalue weighted by atomic mass is 10.1. The number of rotatable bonds is 5. The van der Waals surface area contributed by atoms with Gasteiger partial charge in [0.2, 0.25) is 6.10 Å². The number of hydrogen-bond donors (Lipinski definition) is 2. The number of carbonyl (C=O) groups excluding carboxylic acids is 3.